The van der Waals surface area contributed by atoms with E-state index in [2.05, 4.69) is 25.7 Å². The van der Waals surface area contributed by atoms with Crippen LogP contribution < -0.4 is 5.73 Å². The van der Waals surface area contributed by atoms with E-state index in [4.69, 9.17) is 5.73 Å². The second-order valence-electron chi connectivity index (χ2n) is 6.70. The maximum Gasteiger partial charge on any atom is 0.150 e. The van der Waals surface area contributed by atoms with Crippen LogP contribution in [0.25, 0.3) is 0 Å². The molecule has 4 nitrogen and oxygen atoms in total. The molecule has 2 atom stereocenters. The predicted molar refractivity (Wildman–Crippen MR) is 81.0 cm³/mol. The summed E-state index contributed by atoms with van der Waals surface area (Å²) in [5, 5.41) is -0.152. The SMILES string of the molecule is CCN(CC(C)(C)CN)C1CCCC(S(C)(=O)=O)C1. The van der Waals surface area contributed by atoms with Crippen LogP contribution in [0.3, 0.4) is 0 Å². The molecule has 1 fully saturated rings. The van der Waals surface area contributed by atoms with E-state index in [9.17, 15) is 8.42 Å². The summed E-state index contributed by atoms with van der Waals surface area (Å²) < 4.78 is 23.5. The maximum atomic E-state index is 11.7. The number of rotatable bonds is 6. The standard InChI is InChI=1S/C14H30N2O2S/c1-5-16(11-14(2,3)10-15)12-7-6-8-13(9-12)19(4,17)18/h12-13H,5-11,15H2,1-4H3. The summed E-state index contributed by atoms with van der Waals surface area (Å²) in [4.78, 5) is 2.42. The van der Waals surface area contributed by atoms with Crippen LogP contribution in [0.5, 0.6) is 0 Å². The van der Waals surface area contributed by atoms with E-state index in [1.54, 1.807) is 0 Å². The van der Waals surface area contributed by atoms with Crippen LogP contribution in [0, 0.1) is 5.41 Å². The van der Waals surface area contributed by atoms with Crippen molar-refractivity contribution in [2.24, 2.45) is 11.1 Å². The summed E-state index contributed by atoms with van der Waals surface area (Å²) in [7, 11) is -2.90. The quantitative estimate of drug-likeness (QED) is 0.808. The maximum absolute atomic E-state index is 11.7. The van der Waals surface area contributed by atoms with Gasteiger partial charge in [0.15, 0.2) is 0 Å². The van der Waals surface area contributed by atoms with Gasteiger partial charge in [0.2, 0.25) is 0 Å². The van der Waals surface area contributed by atoms with Gasteiger partial charge in [-0.25, -0.2) is 8.42 Å². The van der Waals surface area contributed by atoms with E-state index in [0.29, 0.717) is 12.6 Å². The molecular formula is C14H30N2O2S. The number of hydrogen-bond acceptors (Lipinski definition) is 4. The number of hydrogen-bond donors (Lipinski definition) is 1. The minimum atomic E-state index is -2.90. The monoisotopic (exact) mass is 290 g/mol. The van der Waals surface area contributed by atoms with Gasteiger partial charge in [0.05, 0.1) is 5.25 Å². The highest BCUT2D eigenvalue weighted by Crippen LogP contribution is 2.29. The number of nitrogens with two attached hydrogens (primary N) is 1. The first kappa shape index (κ1) is 16.9. The van der Waals surface area contributed by atoms with E-state index in [1.807, 2.05) is 0 Å². The highest BCUT2D eigenvalue weighted by molar-refractivity contribution is 7.91. The van der Waals surface area contributed by atoms with Crippen LogP contribution in [-0.2, 0) is 9.84 Å². The third-order valence-corrected chi connectivity index (χ3v) is 5.95. The van der Waals surface area contributed by atoms with E-state index >= 15 is 0 Å². The van der Waals surface area contributed by atoms with E-state index < -0.39 is 9.84 Å². The first-order valence-electron chi connectivity index (χ1n) is 7.32. The lowest BCUT2D eigenvalue weighted by Gasteiger charge is -2.40. The molecule has 0 saturated heterocycles. The van der Waals surface area contributed by atoms with Gasteiger partial charge < -0.3 is 10.6 Å². The van der Waals surface area contributed by atoms with Gasteiger partial charge in [-0.1, -0.05) is 27.2 Å². The molecule has 0 heterocycles. The van der Waals surface area contributed by atoms with Crippen molar-refractivity contribution in [3.05, 3.63) is 0 Å². The van der Waals surface area contributed by atoms with Gasteiger partial charge in [0, 0.05) is 18.8 Å². The third kappa shape index (κ3) is 5.04. The lowest BCUT2D eigenvalue weighted by Crippen LogP contribution is -2.47. The highest BCUT2D eigenvalue weighted by Gasteiger charge is 2.33. The molecule has 0 aliphatic heterocycles. The normalized spacial score (nSPS) is 25.8. The highest BCUT2D eigenvalue weighted by atomic mass is 32.2. The van der Waals surface area contributed by atoms with Crippen molar-refractivity contribution in [3.8, 4) is 0 Å². The Morgan fingerprint density at radius 2 is 1.95 bits per heavy atom. The molecule has 1 aliphatic carbocycles. The average Bonchev–Trinajstić information content (AvgIpc) is 2.35. The Bertz CT molecular complexity index is 379. The molecule has 1 aliphatic rings. The van der Waals surface area contributed by atoms with Crippen LogP contribution in [0.1, 0.15) is 46.5 Å². The fraction of sp³-hybridized carbons (Fsp3) is 1.00. The molecule has 2 N–H and O–H groups in total. The molecule has 0 aromatic rings. The van der Waals surface area contributed by atoms with Crippen molar-refractivity contribution in [1.29, 1.82) is 0 Å². The molecule has 0 radical (unpaired) electrons. The van der Waals surface area contributed by atoms with Crippen LogP contribution in [-0.4, -0.2) is 50.5 Å². The molecule has 19 heavy (non-hydrogen) atoms. The van der Waals surface area contributed by atoms with Crippen LogP contribution in [0.4, 0.5) is 0 Å². The number of sulfone groups is 1. The minimum absolute atomic E-state index is 0.0913. The Morgan fingerprint density at radius 3 is 2.42 bits per heavy atom. The summed E-state index contributed by atoms with van der Waals surface area (Å²) in [6.07, 6.45) is 5.11. The zero-order valence-corrected chi connectivity index (χ0v) is 13.7. The van der Waals surface area contributed by atoms with Gasteiger partial charge in [-0.2, -0.15) is 0 Å². The van der Waals surface area contributed by atoms with Crippen LogP contribution in [0.15, 0.2) is 0 Å². The lowest BCUT2D eigenvalue weighted by molar-refractivity contribution is 0.114. The van der Waals surface area contributed by atoms with Gasteiger partial charge >= 0.3 is 0 Å². The number of nitrogens with zero attached hydrogens (tertiary/aromatic N) is 1. The van der Waals surface area contributed by atoms with E-state index in [1.165, 1.54) is 6.26 Å². The molecule has 0 amide bonds. The van der Waals surface area contributed by atoms with Crippen molar-refractivity contribution in [2.45, 2.75) is 57.7 Å². The Balaban J connectivity index is 2.71. The molecule has 114 valence electrons. The molecule has 1 rings (SSSR count). The molecule has 0 bridgehead atoms. The first-order chi connectivity index (χ1) is 8.69. The summed E-state index contributed by atoms with van der Waals surface area (Å²) >= 11 is 0. The Kier molecular flexibility index (Phi) is 5.83. The Labute approximate surface area is 118 Å². The smallest absolute Gasteiger partial charge is 0.150 e. The topological polar surface area (TPSA) is 63.4 Å². The van der Waals surface area contributed by atoms with E-state index in [0.717, 1.165) is 38.8 Å². The second kappa shape index (κ2) is 6.55. The summed E-state index contributed by atoms with van der Waals surface area (Å²) in [6, 6.07) is 0.393. The molecule has 0 spiro atoms. The third-order valence-electron chi connectivity index (χ3n) is 4.31. The zero-order chi connectivity index (χ0) is 14.7. The average molecular weight is 290 g/mol. The zero-order valence-electron chi connectivity index (χ0n) is 12.9. The van der Waals surface area contributed by atoms with Crippen molar-refractivity contribution in [2.75, 3.05) is 25.9 Å². The summed E-state index contributed by atoms with van der Waals surface area (Å²) in [5.74, 6) is 0. The van der Waals surface area contributed by atoms with Gasteiger partial charge in [-0.05, 0) is 37.8 Å². The van der Waals surface area contributed by atoms with Crippen LogP contribution >= 0.6 is 0 Å². The summed E-state index contributed by atoms with van der Waals surface area (Å²) in [6.45, 7) is 9.06. The van der Waals surface area contributed by atoms with Crippen molar-refractivity contribution in [1.82, 2.24) is 4.90 Å². The second-order valence-corrected chi connectivity index (χ2v) is 9.03. The molecular weight excluding hydrogens is 260 g/mol. The van der Waals surface area contributed by atoms with Gasteiger partial charge in [0.25, 0.3) is 0 Å². The van der Waals surface area contributed by atoms with Crippen molar-refractivity contribution in [3.63, 3.8) is 0 Å². The molecule has 2 unspecified atom stereocenters. The van der Waals surface area contributed by atoms with Crippen molar-refractivity contribution >= 4 is 9.84 Å². The van der Waals surface area contributed by atoms with Crippen LogP contribution in [0.2, 0.25) is 0 Å². The lowest BCUT2D eigenvalue weighted by atomic mass is 9.89. The minimum Gasteiger partial charge on any atom is -0.330 e. The molecule has 0 aromatic carbocycles. The van der Waals surface area contributed by atoms with E-state index in [-0.39, 0.29) is 10.7 Å². The first-order valence-corrected chi connectivity index (χ1v) is 9.28. The predicted octanol–water partition coefficient (Wildman–Crippen LogP) is 1.65. The molecule has 5 heteroatoms. The Morgan fingerprint density at radius 1 is 1.32 bits per heavy atom. The van der Waals surface area contributed by atoms with Gasteiger partial charge in [-0.3, -0.25) is 0 Å². The van der Waals surface area contributed by atoms with Gasteiger partial charge in [-0.15, -0.1) is 0 Å². The van der Waals surface area contributed by atoms with Gasteiger partial charge in [0.1, 0.15) is 9.84 Å². The fourth-order valence-electron chi connectivity index (χ4n) is 2.95. The Hall–Kier alpha value is -0.130. The fourth-order valence-corrected chi connectivity index (χ4v) is 4.12. The summed E-state index contributed by atoms with van der Waals surface area (Å²) in [5.41, 5.74) is 5.90. The van der Waals surface area contributed by atoms with Crippen molar-refractivity contribution < 1.29 is 8.42 Å². The largest absolute Gasteiger partial charge is 0.330 e. The molecule has 1 saturated carbocycles. The molecule has 0 aromatic heterocycles.